The van der Waals surface area contributed by atoms with Gasteiger partial charge in [-0.15, -0.1) is 11.3 Å². The Morgan fingerprint density at radius 3 is 2.75 bits per heavy atom. The molecule has 2 rings (SSSR count). The molecule has 1 heterocycles. The minimum Gasteiger partial charge on any atom is -0.497 e. The average Bonchev–Trinajstić information content (AvgIpc) is 3.19. The highest BCUT2D eigenvalue weighted by molar-refractivity contribution is 7.11. The second kappa shape index (κ2) is 12.0. The third-order valence-electron chi connectivity index (χ3n) is 3.92. The maximum Gasteiger partial charge on any atom is 0.251 e. The van der Waals surface area contributed by atoms with Crippen molar-refractivity contribution in [2.24, 2.45) is 4.99 Å². The van der Waals surface area contributed by atoms with Crippen molar-refractivity contribution in [3.63, 3.8) is 0 Å². The summed E-state index contributed by atoms with van der Waals surface area (Å²) in [5, 5.41) is 10.5. The largest absolute Gasteiger partial charge is 0.497 e. The van der Waals surface area contributed by atoms with Crippen LogP contribution in [-0.2, 0) is 12.8 Å². The molecule has 0 aliphatic carbocycles. The van der Waals surface area contributed by atoms with Gasteiger partial charge in [0.1, 0.15) is 5.75 Å². The van der Waals surface area contributed by atoms with E-state index in [1.165, 1.54) is 4.88 Å². The molecule has 0 aliphatic heterocycles. The van der Waals surface area contributed by atoms with Crippen molar-refractivity contribution in [1.29, 1.82) is 0 Å². The molecular formula is C20H29N5O2S. The number of rotatable bonds is 10. The Labute approximate surface area is 170 Å². The van der Waals surface area contributed by atoms with Gasteiger partial charge >= 0.3 is 0 Å². The number of nitrogens with one attached hydrogen (secondary N) is 3. The molecule has 0 bridgehead atoms. The van der Waals surface area contributed by atoms with Crippen molar-refractivity contribution in [2.75, 3.05) is 33.3 Å². The molecule has 3 N–H and O–H groups in total. The fraction of sp³-hybridized carbons (Fsp3) is 0.450. The van der Waals surface area contributed by atoms with Crippen molar-refractivity contribution >= 4 is 23.2 Å². The Bertz CT molecular complexity index is 775. The summed E-state index contributed by atoms with van der Waals surface area (Å²) in [5.74, 6) is 1.28. The minimum atomic E-state index is -0.127. The summed E-state index contributed by atoms with van der Waals surface area (Å²) in [7, 11) is 1.58. The first-order chi connectivity index (χ1) is 13.7. The van der Waals surface area contributed by atoms with E-state index in [1.807, 2.05) is 19.2 Å². The van der Waals surface area contributed by atoms with Crippen LogP contribution in [0.15, 0.2) is 35.5 Å². The second-order valence-corrected chi connectivity index (χ2v) is 7.20. The summed E-state index contributed by atoms with van der Waals surface area (Å²) < 4.78 is 5.15. The summed E-state index contributed by atoms with van der Waals surface area (Å²) in [6.07, 6.45) is 3.79. The van der Waals surface area contributed by atoms with Gasteiger partial charge < -0.3 is 20.7 Å². The molecule has 0 fully saturated rings. The van der Waals surface area contributed by atoms with Crippen LogP contribution in [0.2, 0.25) is 0 Å². The van der Waals surface area contributed by atoms with Crippen LogP contribution < -0.4 is 20.7 Å². The summed E-state index contributed by atoms with van der Waals surface area (Å²) >= 11 is 1.75. The smallest absolute Gasteiger partial charge is 0.251 e. The number of carbonyl (C=O) groups excluding carboxylic acids is 1. The predicted octanol–water partition coefficient (Wildman–Crippen LogP) is 2.24. The van der Waals surface area contributed by atoms with Crippen LogP contribution in [0.1, 0.15) is 34.1 Å². The average molecular weight is 404 g/mol. The number of carbonyl (C=O) groups is 1. The molecule has 8 heteroatoms. The number of hydrogen-bond acceptors (Lipinski definition) is 5. The Kier molecular flexibility index (Phi) is 9.27. The quantitative estimate of drug-likeness (QED) is 0.322. The van der Waals surface area contributed by atoms with Gasteiger partial charge in [-0.25, -0.2) is 4.98 Å². The number of amides is 1. The van der Waals surface area contributed by atoms with E-state index < -0.39 is 0 Å². The summed E-state index contributed by atoms with van der Waals surface area (Å²) in [6, 6.07) is 7.09. The number of guanidine groups is 1. The highest BCUT2D eigenvalue weighted by Crippen LogP contribution is 2.14. The van der Waals surface area contributed by atoms with Crippen LogP contribution in [0, 0.1) is 0 Å². The van der Waals surface area contributed by atoms with Crippen molar-refractivity contribution in [2.45, 2.75) is 26.7 Å². The summed E-state index contributed by atoms with van der Waals surface area (Å²) in [5.41, 5.74) is 0.579. The Hall–Kier alpha value is -2.61. The van der Waals surface area contributed by atoms with Gasteiger partial charge in [-0.1, -0.05) is 13.0 Å². The molecule has 0 saturated carbocycles. The topological polar surface area (TPSA) is 87.6 Å². The number of aliphatic imine (C=N–C) groups is 1. The lowest BCUT2D eigenvalue weighted by atomic mass is 10.2. The normalized spacial score (nSPS) is 11.2. The van der Waals surface area contributed by atoms with Crippen LogP contribution in [0.25, 0.3) is 0 Å². The molecule has 1 amide bonds. The van der Waals surface area contributed by atoms with Gasteiger partial charge in [-0.3, -0.25) is 9.79 Å². The lowest BCUT2D eigenvalue weighted by Crippen LogP contribution is -2.41. The second-order valence-electron chi connectivity index (χ2n) is 6.00. The summed E-state index contributed by atoms with van der Waals surface area (Å²) in [6.45, 7) is 6.68. The van der Waals surface area contributed by atoms with Crippen LogP contribution >= 0.6 is 11.3 Å². The Balaban J connectivity index is 1.74. The molecule has 1 aromatic carbocycles. The first-order valence-corrected chi connectivity index (χ1v) is 10.4. The van der Waals surface area contributed by atoms with Crippen LogP contribution in [0.3, 0.4) is 0 Å². The maximum atomic E-state index is 12.2. The van der Waals surface area contributed by atoms with E-state index in [-0.39, 0.29) is 5.91 Å². The van der Waals surface area contributed by atoms with E-state index >= 15 is 0 Å². The van der Waals surface area contributed by atoms with E-state index in [1.54, 1.807) is 36.6 Å². The van der Waals surface area contributed by atoms with Gasteiger partial charge in [0.05, 0.1) is 12.1 Å². The zero-order valence-corrected chi connectivity index (χ0v) is 17.6. The van der Waals surface area contributed by atoms with Gasteiger partial charge in [0.25, 0.3) is 5.91 Å². The molecule has 28 heavy (non-hydrogen) atoms. The SMILES string of the molecule is CCNC(=NCCc1ncc(CC)s1)NCCNC(=O)c1cccc(OC)c1. The van der Waals surface area contributed by atoms with Gasteiger partial charge in [-0.05, 0) is 31.5 Å². The summed E-state index contributed by atoms with van der Waals surface area (Å²) in [4.78, 5) is 22.5. The molecular weight excluding hydrogens is 374 g/mol. The highest BCUT2D eigenvalue weighted by atomic mass is 32.1. The molecule has 7 nitrogen and oxygen atoms in total. The lowest BCUT2D eigenvalue weighted by Gasteiger charge is -2.12. The number of nitrogens with zero attached hydrogens (tertiary/aromatic N) is 2. The maximum absolute atomic E-state index is 12.2. The third kappa shape index (κ3) is 7.19. The number of hydrogen-bond donors (Lipinski definition) is 3. The molecule has 0 spiro atoms. The van der Waals surface area contributed by atoms with Gasteiger partial charge in [0.2, 0.25) is 0 Å². The molecule has 152 valence electrons. The Morgan fingerprint density at radius 1 is 1.21 bits per heavy atom. The van der Waals surface area contributed by atoms with Crippen LogP contribution in [-0.4, -0.2) is 50.1 Å². The van der Waals surface area contributed by atoms with Crippen molar-refractivity contribution in [3.05, 3.63) is 45.9 Å². The highest BCUT2D eigenvalue weighted by Gasteiger charge is 2.06. The molecule has 0 radical (unpaired) electrons. The monoisotopic (exact) mass is 403 g/mol. The Morgan fingerprint density at radius 2 is 2.04 bits per heavy atom. The number of benzene rings is 1. The number of aryl methyl sites for hydroxylation is 1. The van der Waals surface area contributed by atoms with E-state index in [2.05, 4.69) is 32.9 Å². The standard InChI is InChI=1S/C20H29N5O2S/c1-4-17-14-25-18(28-17)9-10-23-20(21-5-2)24-12-11-22-19(26)15-7-6-8-16(13-15)27-3/h6-8,13-14H,4-5,9-12H2,1-3H3,(H,22,26)(H2,21,23,24). The first-order valence-electron chi connectivity index (χ1n) is 9.54. The van der Waals surface area contributed by atoms with Crippen LogP contribution in [0.5, 0.6) is 5.75 Å². The zero-order chi connectivity index (χ0) is 20.2. The number of thiazole rings is 1. The first kappa shape index (κ1) is 21.7. The molecule has 1 aromatic heterocycles. The fourth-order valence-electron chi connectivity index (χ4n) is 2.46. The van der Waals surface area contributed by atoms with Gasteiger partial charge in [0.15, 0.2) is 5.96 Å². The van der Waals surface area contributed by atoms with E-state index in [4.69, 9.17) is 4.74 Å². The zero-order valence-electron chi connectivity index (χ0n) is 16.7. The molecule has 0 saturated heterocycles. The minimum absolute atomic E-state index is 0.127. The number of methoxy groups -OCH3 is 1. The fourth-order valence-corrected chi connectivity index (χ4v) is 3.31. The van der Waals surface area contributed by atoms with E-state index in [9.17, 15) is 4.79 Å². The van der Waals surface area contributed by atoms with Crippen molar-refractivity contribution < 1.29 is 9.53 Å². The molecule has 0 aliphatic rings. The number of ether oxygens (including phenoxy) is 1. The van der Waals surface area contributed by atoms with Crippen molar-refractivity contribution in [1.82, 2.24) is 20.9 Å². The van der Waals surface area contributed by atoms with Crippen molar-refractivity contribution in [3.8, 4) is 5.75 Å². The molecule has 2 aromatic rings. The predicted molar refractivity (Wildman–Crippen MR) is 115 cm³/mol. The third-order valence-corrected chi connectivity index (χ3v) is 5.13. The van der Waals surface area contributed by atoms with Crippen LogP contribution in [0.4, 0.5) is 0 Å². The van der Waals surface area contributed by atoms with Gasteiger partial charge in [0, 0.05) is 49.2 Å². The lowest BCUT2D eigenvalue weighted by molar-refractivity contribution is 0.0954. The van der Waals surface area contributed by atoms with E-state index in [0.29, 0.717) is 30.9 Å². The molecule has 0 unspecified atom stereocenters. The van der Waals surface area contributed by atoms with Gasteiger partial charge in [-0.2, -0.15) is 0 Å². The molecule has 0 atom stereocenters. The van der Waals surface area contributed by atoms with E-state index in [0.717, 1.165) is 30.4 Å². The number of aromatic nitrogens is 1.